The lowest BCUT2D eigenvalue weighted by Gasteiger charge is -2.34. The molecule has 2 rings (SSSR count). The number of aryl methyl sites for hydroxylation is 2. The smallest absolute Gasteiger partial charge is 0.222 e. The maximum atomic E-state index is 12.4. The van der Waals surface area contributed by atoms with Gasteiger partial charge in [0.1, 0.15) is 0 Å². The number of amides is 1. The van der Waals surface area contributed by atoms with Gasteiger partial charge in [0, 0.05) is 30.0 Å². The Kier molecular flexibility index (Phi) is 5.82. The molecule has 116 valence electrons. The lowest BCUT2D eigenvalue weighted by atomic mass is 9.92. The van der Waals surface area contributed by atoms with Crippen molar-refractivity contribution in [3.8, 4) is 0 Å². The Hall–Kier alpha value is -0.870. The zero-order chi connectivity index (χ0) is 15.4. The van der Waals surface area contributed by atoms with Crippen LogP contribution in [0.15, 0.2) is 22.7 Å². The molecule has 0 unspecified atom stereocenters. The summed E-state index contributed by atoms with van der Waals surface area (Å²) >= 11 is 3.51. The van der Waals surface area contributed by atoms with E-state index in [1.165, 1.54) is 11.1 Å². The molecule has 21 heavy (non-hydrogen) atoms. The average Bonchev–Trinajstić information content (AvgIpc) is 2.48. The van der Waals surface area contributed by atoms with Crippen molar-refractivity contribution in [2.24, 2.45) is 11.7 Å². The molecule has 0 saturated carbocycles. The summed E-state index contributed by atoms with van der Waals surface area (Å²) in [7, 11) is 0. The first-order valence-electron chi connectivity index (χ1n) is 7.75. The third-order valence-corrected chi connectivity index (χ3v) is 5.29. The number of rotatable bonds is 4. The molecule has 2 atom stereocenters. The van der Waals surface area contributed by atoms with E-state index in [-0.39, 0.29) is 11.9 Å². The van der Waals surface area contributed by atoms with E-state index in [1.807, 2.05) is 11.8 Å². The van der Waals surface area contributed by atoms with Crippen molar-refractivity contribution < 1.29 is 4.79 Å². The summed E-state index contributed by atoms with van der Waals surface area (Å²) in [6.07, 6.45) is 3.63. The molecule has 4 heteroatoms. The summed E-state index contributed by atoms with van der Waals surface area (Å²) in [5, 5.41) is 0. The van der Waals surface area contributed by atoms with Crippen molar-refractivity contribution in [2.45, 2.75) is 45.6 Å². The molecule has 1 aliphatic heterocycles. The fraction of sp³-hybridized carbons (Fsp3) is 0.588. The van der Waals surface area contributed by atoms with E-state index < -0.39 is 0 Å². The summed E-state index contributed by atoms with van der Waals surface area (Å²) in [5.41, 5.74) is 8.43. The van der Waals surface area contributed by atoms with Gasteiger partial charge >= 0.3 is 0 Å². The van der Waals surface area contributed by atoms with Crippen molar-refractivity contribution in [2.75, 3.05) is 13.1 Å². The lowest BCUT2D eigenvalue weighted by Crippen LogP contribution is -2.45. The number of hydrogen-bond acceptors (Lipinski definition) is 2. The molecule has 1 fully saturated rings. The predicted octanol–water partition coefficient (Wildman–Crippen LogP) is 3.28. The Balaban J connectivity index is 1.87. The number of halogens is 1. The Bertz CT molecular complexity index is 502. The van der Waals surface area contributed by atoms with Crippen molar-refractivity contribution in [3.63, 3.8) is 0 Å². The minimum Gasteiger partial charge on any atom is -0.342 e. The van der Waals surface area contributed by atoms with Gasteiger partial charge in [0.25, 0.3) is 0 Å². The van der Waals surface area contributed by atoms with Gasteiger partial charge in [-0.15, -0.1) is 0 Å². The average molecular weight is 353 g/mol. The number of piperidine rings is 1. The molecule has 0 spiro atoms. The normalized spacial score (nSPS) is 20.4. The highest BCUT2D eigenvalue weighted by atomic mass is 79.9. The fourth-order valence-corrected chi connectivity index (χ4v) is 3.18. The molecule has 1 aromatic carbocycles. The summed E-state index contributed by atoms with van der Waals surface area (Å²) < 4.78 is 1.12. The molecule has 1 aliphatic rings. The first-order chi connectivity index (χ1) is 9.97. The Morgan fingerprint density at radius 1 is 1.52 bits per heavy atom. The Labute approximate surface area is 136 Å². The number of nitrogens with two attached hydrogens (primary N) is 1. The van der Waals surface area contributed by atoms with Gasteiger partial charge < -0.3 is 10.6 Å². The predicted molar refractivity (Wildman–Crippen MR) is 90.2 cm³/mol. The van der Waals surface area contributed by atoms with Crippen LogP contribution in [0.5, 0.6) is 0 Å². The van der Waals surface area contributed by atoms with E-state index >= 15 is 0 Å². The van der Waals surface area contributed by atoms with Crippen LogP contribution < -0.4 is 5.73 Å². The van der Waals surface area contributed by atoms with Gasteiger partial charge in [-0.1, -0.05) is 28.1 Å². The number of likely N-dealkylation sites (tertiary alicyclic amines) is 1. The number of nitrogens with zero attached hydrogens (tertiary/aromatic N) is 1. The number of hydrogen-bond donors (Lipinski definition) is 1. The number of benzene rings is 1. The van der Waals surface area contributed by atoms with Gasteiger partial charge in [0.2, 0.25) is 5.91 Å². The van der Waals surface area contributed by atoms with E-state index in [2.05, 4.69) is 41.1 Å². The number of carbonyl (C=O) groups excluding carboxylic acids is 1. The van der Waals surface area contributed by atoms with Crippen LogP contribution in [0.4, 0.5) is 0 Å². The maximum Gasteiger partial charge on any atom is 0.222 e. The molecule has 1 saturated heterocycles. The van der Waals surface area contributed by atoms with Gasteiger partial charge in [-0.25, -0.2) is 0 Å². The van der Waals surface area contributed by atoms with Crippen LogP contribution in [0.2, 0.25) is 0 Å². The zero-order valence-corrected chi connectivity index (χ0v) is 14.5. The standard InChI is InChI=1S/C17H25BrN2O/c1-12-10-14(5-7-16(12)18)6-8-17(21)20-9-3-4-15(11-20)13(2)19/h5,7,10,13,15H,3-4,6,8-9,11,19H2,1-2H3/t13-,15+/m1/s1. The molecule has 0 aliphatic carbocycles. The van der Waals surface area contributed by atoms with Gasteiger partial charge in [0.15, 0.2) is 0 Å². The van der Waals surface area contributed by atoms with Gasteiger partial charge in [-0.3, -0.25) is 4.79 Å². The highest BCUT2D eigenvalue weighted by molar-refractivity contribution is 9.10. The van der Waals surface area contributed by atoms with Crippen LogP contribution in [0.25, 0.3) is 0 Å². The summed E-state index contributed by atoms with van der Waals surface area (Å²) in [4.78, 5) is 14.4. The first kappa shape index (κ1) is 16.5. The van der Waals surface area contributed by atoms with Crippen LogP contribution in [-0.4, -0.2) is 29.9 Å². The van der Waals surface area contributed by atoms with E-state index in [9.17, 15) is 4.79 Å². The molecular weight excluding hydrogens is 328 g/mol. The number of carbonyl (C=O) groups is 1. The highest BCUT2D eigenvalue weighted by Crippen LogP contribution is 2.21. The summed E-state index contributed by atoms with van der Waals surface area (Å²) in [6, 6.07) is 6.47. The molecule has 1 amide bonds. The topological polar surface area (TPSA) is 46.3 Å². The van der Waals surface area contributed by atoms with E-state index in [1.54, 1.807) is 0 Å². The van der Waals surface area contributed by atoms with Crippen LogP contribution >= 0.6 is 15.9 Å². The van der Waals surface area contributed by atoms with Crippen LogP contribution in [-0.2, 0) is 11.2 Å². The first-order valence-corrected chi connectivity index (χ1v) is 8.55. The van der Waals surface area contributed by atoms with Gasteiger partial charge in [-0.05, 0) is 56.2 Å². The minimum atomic E-state index is 0.176. The van der Waals surface area contributed by atoms with Crippen LogP contribution in [0.1, 0.15) is 37.3 Å². The molecule has 3 nitrogen and oxygen atoms in total. The van der Waals surface area contributed by atoms with Crippen molar-refractivity contribution in [1.82, 2.24) is 4.90 Å². The second-order valence-corrected chi connectivity index (χ2v) is 7.04. The minimum absolute atomic E-state index is 0.176. The van der Waals surface area contributed by atoms with E-state index in [4.69, 9.17) is 5.73 Å². The molecule has 0 radical (unpaired) electrons. The second kappa shape index (κ2) is 7.41. The van der Waals surface area contributed by atoms with Gasteiger partial charge in [-0.2, -0.15) is 0 Å². The van der Waals surface area contributed by atoms with E-state index in [0.29, 0.717) is 12.3 Å². The van der Waals surface area contributed by atoms with Crippen molar-refractivity contribution in [1.29, 1.82) is 0 Å². The van der Waals surface area contributed by atoms with E-state index in [0.717, 1.165) is 36.8 Å². The molecule has 0 bridgehead atoms. The third kappa shape index (κ3) is 4.55. The largest absolute Gasteiger partial charge is 0.342 e. The lowest BCUT2D eigenvalue weighted by molar-refractivity contribution is -0.133. The highest BCUT2D eigenvalue weighted by Gasteiger charge is 2.25. The molecule has 2 N–H and O–H groups in total. The molecule has 1 heterocycles. The van der Waals surface area contributed by atoms with Crippen molar-refractivity contribution >= 4 is 21.8 Å². The van der Waals surface area contributed by atoms with Gasteiger partial charge in [0.05, 0.1) is 0 Å². The third-order valence-electron chi connectivity index (χ3n) is 4.40. The van der Waals surface area contributed by atoms with Crippen molar-refractivity contribution in [3.05, 3.63) is 33.8 Å². The monoisotopic (exact) mass is 352 g/mol. The second-order valence-electron chi connectivity index (χ2n) is 6.18. The fourth-order valence-electron chi connectivity index (χ4n) is 2.94. The maximum absolute atomic E-state index is 12.4. The summed E-state index contributed by atoms with van der Waals surface area (Å²) in [6.45, 7) is 5.84. The quantitative estimate of drug-likeness (QED) is 0.903. The van der Waals surface area contributed by atoms with Crippen LogP contribution in [0.3, 0.4) is 0 Å². The Morgan fingerprint density at radius 2 is 2.29 bits per heavy atom. The Morgan fingerprint density at radius 3 is 2.95 bits per heavy atom. The molecule has 0 aromatic heterocycles. The summed E-state index contributed by atoms with van der Waals surface area (Å²) in [5.74, 6) is 0.721. The molecular formula is C17H25BrN2O. The zero-order valence-electron chi connectivity index (χ0n) is 12.9. The SMILES string of the molecule is Cc1cc(CCC(=O)N2CCC[C@H]([C@@H](C)N)C2)ccc1Br. The molecule has 1 aromatic rings. The van der Waals surface area contributed by atoms with Crippen LogP contribution in [0, 0.1) is 12.8 Å².